The molecule has 13 heteroatoms. The largest absolute Gasteiger partial charge is 0.450 e. The number of alkyl carbamates (subject to hydrolysis) is 1. The van der Waals surface area contributed by atoms with Gasteiger partial charge in [0.25, 0.3) is 5.91 Å². The van der Waals surface area contributed by atoms with Crippen LogP contribution in [-0.2, 0) is 4.74 Å². The van der Waals surface area contributed by atoms with E-state index in [1.807, 2.05) is 30.9 Å². The molecule has 266 valence electrons. The number of benzene rings is 2. The molecule has 3 heterocycles. The van der Waals surface area contributed by atoms with Crippen molar-refractivity contribution in [2.75, 3.05) is 61.0 Å². The highest BCUT2D eigenvalue weighted by molar-refractivity contribution is 6.76. The van der Waals surface area contributed by atoms with Crippen molar-refractivity contribution in [2.45, 2.75) is 71.4 Å². The number of aromatic nitrogens is 2. The lowest BCUT2D eigenvalue weighted by atomic mass is 9.94. The second kappa shape index (κ2) is 15.9. The number of amides is 2. The second-order valence-corrected chi connectivity index (χ2v) is 20.2. The van der Waals surface area contributed by atoms with E-state index in [1.54, 1.807) is 12.3 Å². The van der Waals surface area contributed by atoms with Crippen molar-refractivity contribution < 1.29 is 18.7 Å². The lowest BCUT2D eigenvalue weighted by Crippen LogP contribution is -2.58. The maximum absolute atomic E-state index is 14.3. The SMILES string of the molecule is Cc1cc(C)c(C(=O)N2CCN(c3cccnn3)[C@H](CNC(=O)OCC[Si](C)(C)C)C2)c(C)c1NC1CCN(c2ccc(F)cc2C#N)CC1. The van der Waals surface area contributed by atoms with Crippen molar-refractivity contribution >= 4 is 37.3 Å². The van der Waals surface area contributed by atoms with Gasteiger partial charge in [-0.05, 0) is 86.7 Å². The second-order valence-electron chi connectivity index (χ2n) is 14.6. The Morgan fingerprint density at radius 2 is 1.82 bits per heavy atom. The summed E-state index contributed by atoms with van der Waals surface area (Å²) < 4.78 is 19.2. The quantitative estimate of drug-likeness (QED) is 0.249. The van der Waals surface area contributed by atoms with Crippen LogP contribution in [0.4, 0.5) is 26.4 Å². The minimum Gasteiger partial charge on any atom is -0.450 e. The molecule has 2 aliphatic heterocycles. The molecule has 50 heavy (non-hydrogen) atoms. The molecule has 0 radical (unpaired) electrons. The summed E-state index contributed by atoms with van der Waals surface area (Å²) in [7, 11) is -1.34. The van der Waals surface area contributed by atoms with E-state index in [1.165, 1.54) is 12.1 Å². The number of ether oxygens (including phenoxy) is 1. The first-order chi connectivity index (χ1) is 23.8. The molecule has 0 unspecified atom stereocenters. The lowest BCUT2D eigenvalue weighted by Gasteiger charge is -2.42. The average Bonchev–Trinajstić information content (AvgIpc) is 3.09. The number of nitrogens with zero attached hydrogens (tertiary/aromatic N) is 6. The number of aryl methyl sites for hydroxylation is 2. The summed E-state index contributed by atoms with van der Waals surface area (Å²) in [5.74, 6) is 0.242. The highest BCUT2D eigenvalue weighted by Crippen LogP contribution is 2.32. The van der Waals surface area contributed by atoms with E-state index < -0.39 is 20.0 Å². The van der Waals surface area contributed by atoms with Crippen molar-refractivity contribution in [2.24, 2.45) is 0 Å². The van der Waals surface area contributed by atoms with Crippen LogP contribution in [0.2, 0.25) is 25.7 Å². The molecule has 5 rings (SSSR count). The van der Waals surface area contributed by atoms with Crippen LogP contribution in [0.15, 0.2) is 42.6 Å². The molecule has 1 aromatic heterocycles. The first kappa shape index (κ1) is 36.6. The third-order valence-electron chi connectivity index (χ3n) is 9.64. The molecule has 3 aromatic rings. The van der Waals surface area contributed by atoms with Crippen LogP contribution in [0.5, 0.6) is 0 Å². The number of hydrogen-bond acceptors (Lipinski definition) is 9. The fourth-order valence-corrected chi connectivity index (χ4v) is 7.62. The summed E-state index contributed by atoms with van der Waals surface area (Å²) in [4.78, 5) is 33.1. The molecule has 2 aromatic carbocycles. The molecule has 2 fully saturated rings. The van der Waals surface area contributed by atoms with Crippen molar-refractivity contribution in [3.63, 3.8) is 0 Å². The third kappa shape index (κ3) is 8.90. The van der Waals surface area contributed by atoms with Crippen LogP contribution in [0, 0.1) is 37.9 Å². The van der Waals surface area contributed by atoms with Gasteiger partial charge in [-0.3, -0.25) is 4.79 Å². The zero-order chi connectivity index (χ0) is 36.0. The first-order valence-electron chi connectivity index (χ1n) is 17.4. The molecule has 11 nitrogen and oxygen atoms in total. The monoisotopic (exact) mass is 700 g/mol. The maximum Gasteiger partial charge on any atom is 0.407 e. The van der Waals surface area contributed by atoms with Gasteiger partial charge >= 0.3 is 6.09 Å². The van der Waals surface area contributed by atoms with Gasteiger partial charge in [-0.15, -0.1) is 5.10 Å². The standard InChI is InChI=1S/C37H49FN8O3Si/c1-25-20-26(2)35(42-30-11-14-44(15-12-30)32-10-9-29(38)21-28(32)22-39)27(3)34(25)36(47)45-16-17-46(33-8-7-13-41-43-33)31(24-45)23-40-37(48)49-18-19-50(4,5)6/h7-10,13,20-21,30-31,42H,11-12,14-19,23-24H2,1-6H3,(H,40,48)/t31-/m1/s1. The van der Waals surface area contributed by atoms with Gasteiger partial charge in [-0.2, -0.15) is 10.4 Å². The Bertz CT molecular complexity index is 1720. The lowest BCUT2D eigenvalue weighted by molar-refractivity contribution is 0.0719. The van der Waals surface area contributed by atoms with Crippen LogP contribution in [-0.4, -0.2) is 93.1 Å². The number of piperazine rings is 1. The Morgan fingerprint density at radius 3 is 2.50 bits per heavy atom. The number of piperidine rings is 1. The van der Waals surface area contributed by atoms with Crippen molar-refractivity contribution in [1.82, 2.24) is 20.4 Å². The van der Waals surface area contributed by atoms with E-state index in [9.17, 15) is 19.2 Å². The minimum atomic E-state index is -1.34. The van der Waals surface area contributed by atoms with Gasteiger partial charge in [0.05, 0.1) is 23.9 Å². The number of hydrogen-bond donors (Lipinski definition) is 2. The van der Waals surface area contributed by atoms with Gasteiger partial charge in [0, 0.05) is 70.8 Å². The summed E-state index contributed by atoms with van der Waals surface area (Å²) in [6, 6.07) is 13.1. The molecule has 0 bridgehead atoms. The van der Waals surface area contributed by atoms with Crippen molar-refractivity contribution in [1.29, 1.82) is 5.26 Å². The molecule has 2 saturated heterocycles. The molecule has 1 atom stereocenters. The number of rotatable bonds is 10. The average molecular weight is 701 g/mol. The normalized spacial score (nSPS) is 16.9. The molecule has 2 N–H and O–H groups in total. The number of nitriles is 1. The van der Waals surface area contributed by atoms with Crippen LogP contribution in [0.3, 0.4) is 0 Å². The molecule has 0 saturated carbocycles. The molecule has 0 aliphatic carbocycles. The number of halogens is 1. The van der Waals surface area contributed by atoms with Crippen LogP contribution in [0.1, 0.15) is 45.5 Å². The van der Waals surface area contributed by atoms with Gasteiger partial charge < -0.3 is 30.1 Å². The molecule has 2 amide bonds. The number of anilines is 3. The topological polar surface area (TPSA) is 127 Å². The maximum atomic E-state index is 14.3. The van der Waals surface area contributed by atoms with Crippen LogP contribution >= 0.6 is 0 Å². The number of carbonyl (C=O) groups is 2. The summed E-state index contributed by atoms with van der Waals surface area (Å²) >= 11 is 0. The van der Waals surface area contributed by atoms with E-state index in [0.717, 1.165) is 60.0 Å². The van der Waals surface area contributed by atoms with E-state index in [-0.39, 0.29) is 24.5 Å². The Balaban J connectivity index is 1.28. The summed E-state index contributed by atoms with van der Waals surface area (Å²) in [5, 5.41) is 24.6. The Hall–Kier alpha value is -4.70. The first-order valence-corrected chi connectivity index (χ1v) is 21.1. The summed E-state index contributed by atoms with van der Waals surface area (Å²) in [6.45, 7) is 16.3. The molecular formula is C37H49FN8O3Si. The Morgan fingerprint density at radius 1 is 1.06 bits per heavy atom. The van der Waals surface area contributed by atoms with Gasteiger partial charge in [0.2, 0.25) is 0 Å². The Kier molecular flexibility index (Phi) is 11.6. The van der Waals surface area contributed by atoms with Gasteiger partial charge in [0.1, 0.15) is 11.9 Å². The van der Waals surface area contributed by atoms with Crippen molar-refractivity contribution in [3.05, 3.63) is 76.2 Å². The smallest absolute Gasteiger partial charge is 0.407 e. The van der Waals surface area contributed by atoms with Gasteiger partial charge in [0.15, 0.2) is 5.82 Å². The van der Waals surface area contributed by atoms with E-state index in [4.69, 9.17) is 4.74 Å². The predicted octanol–water partition coefficient (Wildman–Crippen LogP) is 5.89. The highest BCUT2D eigenvalue weighted by atomic mass is 28.3. The summed E-state index contributed by atoms with van der Waals surface area (Å²) in [5.41, 5.74) is 5.67. The van der Waals surface area contributed by atoms with Crippen molar-refractivity contribution in [3.8, 4) is 6.07 Å². The Labute approximate surface area is 295 Å². The highest BCUT2D eigenvalue weighted by Gasteiger charge is 2.33. The van der Waals surface area contributed by atoms with E-state index in [0.29, 0.717) is 43.2 Å². The van der Waals surface area contributed by atoms with Gasteiger partial charge in [-0.25, -0.2) is 9.18 Å². The van der Waals surface area contributed by atoms with Crippen LogP contribution < -0.4 is 20.4 Å². The summed E-state index contributed by atoms with van der Waals surface area (Å²) in [6.07, 6.45) is 2.83. The van der Waals surface area contributed by atoms with E-state index >= 15 is 0 Å². The van der Waals surface area contributed by atoms with Crippen LogP contribution in [0.25, 0.3) is 0 Å². The fraction of sp³-hybridized carbons (Fsp3) is 0.486. The molecule has 2 aliphatic rings. The minimum absolute atomic E-state index is 0.0419. The molecular weight excluding hydrogens is 652 g/mol. The fourth-order valence-electron chi connectivity index (χ4n) is 6.90. The predicted molar refractivity (Wildman–Crippen MR) is 197 cm³/mol. The zero-order valence-corrected chi connectivity index (χ0v) is 31.1. The van der Waals surface area contributed by atoms with Gasteiger partial charge in [-0.1, -0.05) is 25.7 Å². The van der Waals surface area contributed by atoms with E-state index in [2.05, 4.69) is 69.3 Å². The third-order valence-corrected chi connectivity index (χ3v) is 11.3. The number of nitrogens with one attached hydrogen (secondary N) is 2. The zero-order valence-electron chi connectivity index (χ0n) is 30.1. The molecule has 0 spiro atoms. The number of carbonyl (C=O) groups excluding carboxylic acids is 2.